The predicted molar refractivity (Wildman–Crippen MR) is 67.3 cm³/mol. The van der Waals surface area contributed by atoms with Crippen molar-refractivity contribution in [3.8, 4) is 0 Å². The van der Waals surface area contributed by atoms with Crippen LogP contribution < -0.4 is 10.6 Å². The van der Waals surface area contributed by atoms with Crippen molar-refractivity contribution in [3.63, 3.8) is 0 Å². The first-order valence-electron chi connectivity index (χ1n) is 6.64. The first-order chi connectivity index (χ1) is 7.61. The zero-order chi connectivity index (χ0) is 12.0. The molecule has 0 aromatic heterocycles. The topological polar surface area (TPSA) is 41.1 Å². The Kier molecular flexibility index (Phi) is 5.81. The molecular formula is C13H26N2O. The van der Waals surface area contributed by atoms with Crippen LogP contribution in [0, 0.1) is 5.92 Å². The molecule has 0 heterocycles. The third-order valence-corrected chi connectivity index (χ3v) is 3.36. The Balaban J connectivity index is 2.19. The molecule has 94 valence electrons. The van der Waals surface area contributed by atoms with Gasteiger partial charge in [0.1, 0.15) is 0 Å². The van der Waals surface area contributed by atoms with Gasteiger partial charge >= 0.3 is 0 Å². The Hall–Kier alpha value is -0.570. The molecule has 1 amide bonds. The maximum atomic E-state index is 11.5. The lowest BCUT2D eigenvalue weighted by molar-refractivity contribution is -0.120. The molecule has 1 rings (SSSR count). The lowest BCUT2D eigenvalue weighted by Gasteiger charge is -2.29. The highest BCUT2D eigenvalue weighted by Crippen LogP contribution is 2.26. The molecule has 1 aliphatic carbocycles. The van der Waals surface area contributed by atoms with Crippen molar-refractivity contribution in [2.75, 3.05) is 6.54 Å². The second-order valence-corrected chi connectivity index (χ2v) is 5.24. The van der Waals surface area contributed by atoms with Gasteiger partial charge in [-0.2, -0.15) is 0 Å². The van der Waals surface area contributed by atoms with Gasteiger partial charge in [-0.3, -0.25) is 4.79 Å². The summed E-state index contributed by atoms with van der Waals surface area (Å²) in [5.41, 5.74) is 0. The number of carbonyl (C=O) groups is 1. The van der Waals surface area contributed by atoms with E-state index >= 15 is 0 Å². The van der Waals surface area contributed by atoms with E-state index in [4.69, 9.17) is 0 Å². The highest BCUT2D eigenvalue weighted by molar-refractivity contribution is 5.78. The number of nitrogens with one attached hydrogen (secondary N) is 2. The van der Waals surface area contributed by atoms with Crippen LogP contribution in [0.15, 0.2) is 0 Å². The van der Waals surface area contributed by atoms with Crippen molar-refractivity contribution in [3.05, 3.63) is 0 Å². The second-order valence-electron chi connectivity index (χ2n) is 5.24. The molecule has 2 atom stereocenters. The van der Waals surface area contributed by atoms with Crippen molar-refractivity contribution in [2.24, 2.45) is 5.92 Å². The second kappa shape index (κ2) is 6.89. The maximum Gasteiger partial charge on any atom is 0.234 e. The van der Waals surface area contributed by atoms with E-state index in [9.17, 15) is 4.79 Å². The van der Waals surface area contributed by atoms with Crippen LogP contribution >= 0.6 is 0 Å². The van der Waals surface area contributed by atoms with Gasteiger partial charge in [0.15, 0.2) is 0 Å². The van der Waals surface area contributed by atoms with Gasteiger partial charge in [-0.25, -0.2) is 0 Å². The third-order valence-electron chi connectivity index (χ3n) is 3.36. The molecule has 3 heteroatoms. The smallest absolute Gasteiger partial charge is 0.234 e. The fourth-order valence-electron chi connectivity index (χ4n) is 2.46. The zero-order valence-electron chi connectivity index (χ0n) is 10.9. The minimum atomic E-state index is 0.119. The van der Waals surface area contributed by atoms with Crippen LogP contribution in [-0.2, 0) is 4.79 Å². The third kappa shape index (κ3) is 4.97. The molecule has 2 N–H and O–H groups in total. The Labute approximate surface area is 99.4 Å². The Bertz CT molecular complexity index is 216. The molecule has 1 fully saturated rings. The Morgan fingerprint density at radius 3 is 2.75 bits per heavy atom. The first-order valence-corrected chi connectivity index (χ1v) is 6.64. The van der Waals surface area contributed by atoms with Crippen LogP contribution in [0.4, 0.5) is 0 Å². The first kappa shape index (κ1) is 13.5. The summed E-state index contributed by atoms with van der Waals surface area (Å²) >= 11 is 0. The van der Waals surface area contributed by atoms with Crippen LogP contribution in [0.2, 0.25) is 0 Å². The molecular weight excluding hydrogens is 200 g/mol. The minimum absolute atomic E-state index is 0.119. The predicted octanol–water partition coefficient (Wildman–Crippen LogP) is 2.07. The molecule has 16 heavy (non-hydrogen) atoms. The summed E-state index contributed by atoms with van der Waals surface area (Å²) in [5.74, 6) is 0.980. The molecule has 2 unspecified atom stereocenters. The largest absolute Gasteiger partial charge is 0.353 e. The van der Waals surface area contributed by atoms with Crippen LogP contribution in [-0.4, -0.2) is 24.5 Å². The van der Waals surface area contributed by atoms with E-state index in [2.05, 4.69) is 17.6 Å². The summed E-state index contributed by atoms with van der Waals surface area (Å²) < 4.78 is 0. The van der Waals surface area contributed by atoms with E-state index in [1.807, 2.05) is 13.8 Å². The van der Waals surface area contributed by atoms with Crippen molar-refractivity contribution in [1.29, 1.82) is 0 Å². The minimum Gasteiger partial charge on any atom is -0.353 e. The molecule has 0 aliphatic heterocycles. The van der Waals surface area contributed by atoms with Crippen molar-refractivity contribution < 1.29 is 4.79 Å². The van der Waals surface area contributed by atoms with Crippen LogP contribution in [0.5, 0.6) is 0 Å². The number of rotatable bonds is 5. The van der Waals surface area contributed by atoms with Gasteiger partial charge in [-0.15, -0.1) is 0 Å². The molecule has 0 bridgehead atoms. The molecule has 0 aromatic rings. The van der Waals surface area contributed by atoms with Gasteiger partial charge in [-0.05, 0) is 32.6 Å². The van der Waals surface area contributed by atoms with Gasteiger partial charge in [0.2, 0.25) is 5.91 Å². The van der Waals surface area contributed by atoms with Gasteiger partial charge < -0.3 is 10.6 Å². The maximum absolute atomic E-state index is 11.5. The summed E-state index contributed by atoms with van der Waals surface area (Å²) in [7, 11) is 0. The monoisotopic (exact) mass is 226 g/mol. The SMILES string of the molecule is CCC1CCCC(NCC(=O)NC(C)C)C1. The molecule has 0 spiro atoms. The van der Waals surface area contributed by atoms with E-state index in [-0.39, 0.29) is 11.9 Å². The fourth-order valence-corrected chi connectivity index (χ4v) is 2.46. The summed E-state index contributed by atoms with van der Waals surface area (Å²) in [6, 6.07) is 0.792. The fraction of sp³-hybridized carbons (Fsp3) is 0.923. The van der Waals surface area contributed by atoms with Crippen LogP contribution in [0.3, 0.4) is 0 Å². The molecule has 1 saturated carbocycles. The molecule has 0 saturated heterocycles. The summed E-state index contributed by atoms with van der Waals surface area (Å²) in [4.78, 5) is 11.5. The number of hydrogen-bond acceptors (Lipinski definition) is 2. The quantitative estimate of drug-likeness (QED) is 0.753. The number of amides is 1. The van der Waals surface area contributed by atoms with E-state index in [1.54, 1.807) is 0 Å². The van der Waals surface area contributed by atoms with E-state index < -0.39 is 0 Å². The lowest BCUT2D eigenvalue weighted by Crippen LogP contribution is -2.43. The van der Waals surface area contributed by atoms with Gasteiger partial charge in [0, 0.05) is 12.1 Å². The zero-order valence-corrected chi connectivity index (χ0v) is 10.9. The molecule has 3 nitrogen and oxygen atoms in total. The van der Waals surface area contributed by atoms with Crippen LogP contribution in [0.1, 0.15) is 52.9 Å². The summed E-state index contributed by atoms with van der Waals surface area (Å²) in [6.45, 7) is 6.72. The van der Waals surface area contributed by atoms with E-state index in [0.29, 0.717) is 12.6 Å². The number of hydrogen-bond donors (Lipinski definition) is 2. The van der Waals surface area contributed by atoms with Gasteiger partial charge in [0.25, 0.3) is 0 Å². The Morgan fingerprint density at radius 2 is 2.12 bits per heavy atom. The van der Waals surface area contributed by atoms with E-state index in [0.717, 1.165) is 5.92 Å². The summed E-state index contributed by atoms with van der Waals surface area (Å²) in [6.07, 6.45) is 6.42. The van der Waals surface area contributed by atoms with Crippen molar-refractivity contribution in [2.45, 2.75) is 65.0 Å². The molecule has 1 aliphatic rings. The van der Waals surface area contributed by atoms with Crippen molar-refractivity contribution >= 4 is 5.91 Å². The van der Waals surface area contributed by atoms with Gasteiger partial charge in [-0.1, -0.05) is 26.2 Å². The Morgan fingerprint density at radius 1 is 1.38 bits per heavy atom. The molecule has 0 aromatic carbocycles. The lowest BCUT2D eigenvalue weighted by atomic mass is 9.84. The van der Waals surface area contributed by atoms with Gasteiger partial charge in [0.05, 0.1) is 6.54 Å². The average Bonchev–Trinajstić information content (AvgIpc) is 2.26. The summed E-state index contributed by atoms with van der Waals surface area (Å²) in [5, 5.41) is 6.29. The number of carbonyl (C=O) groups excluding carboxylic acids is 1. The normalized spacial score (nSPS) is 25.8. The van der Waals surface area contributed by atoms with E-state index in [1.165, 1.54) is 32.1 Å². The highest BCUT2D eigenvalue weighted by atomic mass is 16.1. The van der Waals surface area contributed by atoms with Crippen LogP contribution in [0.25, 0.3) is 0 Å². The highest BCUT2D eigenvalue weighted by Gasteiger charge is 2.20. The average molecular weight is 226 g/mol. The molecule has 0 radical (unpaired) electrons. The van der Waals surface area contributed by atoms with Crippen molar-refractivity contribution in [1.82, 2.24) is 10.6 Å². The standard InChI is InChI=1S/C13H26N2O/c1-4-11-6-5-7-12(8-11)14-9-13(16)15-10(2)3/h10-12,14H,4-9H2,1-3H3,(H,15,16).